The summed E-state index contributed by atoms with van der Waals surface area (Å²) in [4.78, 5) is 4.77. The molecular formula is C18H29N3O2. The van der Waals surface area contributed by atoms with Crippen LogP contribution in [0.5, 0.6) is 11.5 Å². The van der Waals surface area contributed by atoms with Gasteiger partial charge in [-0.3, -0.25) is 4.99 Å². The molecule has 2 N–H and O–H groups in total. The molecule has 1 aliphatic rings. The van der Waals surface area contributed by atoms with Gasteiger partial charge in [0.15, 0.2) is 17.5 Å². The molecule has 5 nitrogen and oxygen atoms in total. The van der Waals surface area contributed by atoms with Gasteiger partial charge in [-0.1, -0.05) is 26.8 Å². The number of guanidine groups is 1. The van der Waals surface area contributed by atoms with Crippen molar-refractivity contribution in [3.8, 4) is 11.5 Å². The molecule has 0 fully saturated rings. The van der Waals surface area contributed by atoms with Crippen LogP contribution in [0.3, 0.4) is 0 Å². The van der Waals surface area contributed by atoms with Crippen molar-refractivity contribution in [2.45, 2.75) is 52.5 Å². The van der Waals surface area contributed by atoms with Crippen LogP contribution in [0, 0.1) is 0 Å². The van der Waals surface area contributed by atoms with Gasteiger partial charge >= 0.3 is 0 Å². The number of hydrogen-bond donors (Lipinski definition) is 2. The Kier molecular flexibility index (Phi) is 5.74. The number of fused-ring (bicyclic) bond motifs is 1. The maximum atomic E-state index is 5.48. The molecule has 0 aliphatic carbocycles. The lowest BCUT2D eigenvalue weighted by molar-refractivity contribution is 0.174. The Bertz CT molecular complexity index is 555. The molecule has 0 bridgehead atoms. The van der Waals surface area contributed by atoms with Gasteiger partial charge in [0, 0.05) is 18.0 Å². The first-order chi connectivity index (χ1) is 11.0. The normalized spacial score (nSPS) is 15.4. The predicted molar refractivity (Wildman–Crippen MR) is 94.5 cm³/mol. The lowest BCUT2D eigenvalue weighted by Gasteiger charge is -2.25. The third-order valence-corrected chi connectivity index (χ3v) is 4.13. The lowest BCUT2D eigenvalue weighted by atomic mass is 9.84. The van der Waals surface area contributed by atoms with Crippen LogP contribution >= 0.6 is 0 Å². The SMILES string of the molecule is CCNC(=NCC(C)(C)c1ccc2c(c1)OCO2)NC(C)CC. The molecule has 1 atom stereocenters. The van der Waals surface area contributed by atoms with E-state index < -0.39 is 0 Å². The summed E-state index contributed by atoms with van der Waals surface area (Å²) in [5, 5.41) is 6.74. The Balaban J connectivity index is 2.10. The summed E-state index contributed by atoms with van der Waals surface area (Å²) in [6, 6.07) is 6.54. The molecule has 23 heavy (non-hydrogen) atoms. The number of ether oxygens (including phenoxy) is 2. The fourth-order valence-corrected chi connectivity index (χ4v) is 2.34. The first kappa shape index (κ1) is 17.4. The summed E-state index contributed by atoms with van der Waals surface area (Å²) < 4.78 is 10.9. The van der Waals surface area contributed by atoms with E-state index in [0.29, 0.717) is 19.4 Å². The maximum Gasteiger partial charge on any atom is 0.231 e. The Labute approximate surface area is 139 Å². The van der Waals surface area contributed by atoms with Gasteiger partial charge in [-0.15, -0.1) is 0 Å². The predicted octanol–water partition coefficient (Wildman–Crippen LogP) is 3.05. The number of nitrogens with zero attached hydrogens (tertiary/aromatic N) is 1. The number of hydrogen-bond acceptors (Lipinski definition) is 3. The molecule has 0 saturated heterocycles. The van der Waals surface area contributed by atoms with Crippen LogP contribution < -0.4 is 20.1 Å². The highest BCUT2D eigenvalue weighted by molar-refractivity contribution is 5.80. The van der Waals surface area contributed by atoms with E-state index in [1.807, 2.05) is 6.07 Å². The Morgan fingerprint density at radius 2 is 2.00 bits per heavy atom. The van der Waals surface area contributed by atoms with Gasteiger partial charge in [-0.25, -0.2) is 0 Å². The largest absolute Gasteiger partial charge is 0.454 e. The number of aliphatic imine (C=N–C) groups is 1. The zero-order valence-corrected chi connectivity index (χ0v) is 14.9. The van der Waals surface area contributed by atoms with E-state index >= 15 is 0 Å². The molecule has 0 spiro atoms. The summed E-state index contributed by atoms with van der Waals surface area (Å²) in [5.41, 5.74) is 1.11. The standard InChI is InChI=1S/C18H29N3O2/c1-6-13(3)21-17(19-7-2)20-11-18(4,5)14-8-9-15-16(10-14)23-12-22-15/h8-10,13H,6-7,11-12H2,1-5H3,(H2,19,20,21). The van der Waals surface area contributed by atoms with Gasteiger partial charge in [0.1, 0.15) is 0 Å². The molecule has 1 unspecified atom stereocenters. The second-order valence-corrected chi connectivity index (χ2v) is 6.60. The van der Waals surface area contributed by atoms with Crippen LogP contribution in [0.2, 0.25) is 0 Å². The Morgan fingerprint density at radius 1 is 1.26 bits per heavy atom. The number of rotatable bonds is 6. The molecule has 2 rings (SSSR count). The van der Waals surface area contributed by atoms with Crippen molar-refractivity contribution in [1.82, 2.24) is 10.6 Å². The van der Waals surface area contributed by atoms with Gasteiger partial charge in [-0.05, 0) is 38.0 Å². The van der Waals surface area contributed by atoms with Crippen LogP contribution in [-0.4, -0.2) is 31.9 Å². The zero-order valence-electron chi connectivity index (χ0n) is 14.9. The van der Waals surface area contributed by atoms with Crippen LogP contribution in [-0.2, 0) is 5.41 Å². The monoisotopic (exact) mass is 319 g/mol. The third kappa shape index (κ3) is 4.53. The molecular weight excluding hydrogens is 290 g/mol. The van der Waals surface area contributed by atoms with Gasteiger partial charge in [0.2, 0.25) is 6.79 Å². The zero-order chi connectivity index (χ0) is 16.9. The summed E-state index contributed by atoms with van der Waals surface area (Å²) in [6.07, 6.45) is 1.07. The molecule has 128 valence electrons. The highest BCUT2D eigenvalue weighted by Gasteiger charge is 2.24. The van der Waals surface area contributed by atoms with E-state index in [9.17, 15) is 0 Å². The number of benzene rings is 1. The molecule has 5 heteroatoms. The van der Waals surface area contributed by atoms with E-state index in [0.717, 1.165) is 30.4 Å². The molecule has 0 amide bonds. The van der Waals surface area contributed by atoms with E-state index in [1.165, 1.54) is 5.56 Å². The lowest BCUT2D eigenvalue weighted by Crippen LogP contribution is -2.42. The smallest absolute Gasteiger partial charge is 0.231 e. The average molecular weight is 319 g/mol. The first-order valence-corrected chi connectivity index (χ1v) is 8.41. The molecule has 1 aliphatic heterocycles. The highest BCUT2D eigenvalue weighted by Crippen LogP contribution is 2.36. The molecule has 0 saturated carbocycles. The Hall–Kier alpha value is -1.91. The van der Waals surface area contributed by atoms with Crippen molar-refractivity contribution in [2.24, 2.45) is 4.99 Å². The second-order valence-electron chi connectivity index (χ2n) is 6.60. The summed E-state index contributed by atoms with van der Waals surface area (Å²) in [7, 11) is 0. The van der Waals surface area contributed by atoms with Crippen LogP contribution in [0.15, 0.2) is 23.2 Å². The van der Waals surface area contributed by atoms with Crippen molar-refractivity contribution in [3.05, 3.63) is 23.8 Å². The maximum absolute atomic E-state index is 5.48. The van der Waals surface area contributed by atoms with Crippen molar-refractivity contribution in [1.29, 1.82) is 0 Å². The van der Waals surface area contributed by atoms with Crippen LogP contribution in [0.25, 0.3) is 0 Å². The summed E-state index contributed by atoms with van der Waals surface area (Å²) >= 11 is 0. The molecule has 1 aromatic rings. The van der Waals surface area contributed by atoms with Gasteiger partial charge in [0.25, 0.3) is 0 Å². The second kappa shape index (κ2) is 7.57. The minimum absolute atomic E-state index is 0.0845. The summed E-state index contributed by atoms with van der Waals surface area (Å²) in [5.74, 6) is 2.51. The van der Waals surface area contributed by atoms with E-state index in [2.05, 4.69) is 57.4 Å². The minimum atomic E-state index is -0.0845. The van der Waals surface area contributed by atoms with Crippen molar-refractivity contribution in [2.75, 3.05) is 19.9 Å². The highest BCUT2D eigenvalue weighted by atomic mass is 16.7. The van der Waals surface area contributed by atoms with Gasteiger partial charge < -0.3 is 20.1 Å². The number of nitrogens with one attached hydrogen (secondary N) is 2. The van der Waals surface area contributed by atoms with Crippen LogP contribution in [0.4, 0.5) is 0 Å². The quantitative estimate of drug-likeness (QED) is 0.625. The van der Waals surface area contributed by atoms with Crippen molar-refractivity contribution in [3.63, 3.8) is 0 Å². The topological polar surface area (TPSA) is 54.9 Å². The average Bonchev–Trinajstić information content (AvgIpc) is 3.00. The first-order valence-electron chi connectivity index (χ1n) is 8.41. The molecule has 0 radical (unpaired) electrons. The molecule has 0 aromatic heterocycles. The van der Waals surface area contributed by atoms with Gasteiger partial charge in [0.05, 0.1) is 6.54 Å². The van der Waals surface area contributed by atoms with Crippen molar-refractivity contribution >= 4 is 5.96 Å². The third-order valence-electron chi connectivity index (χ3n) is 4.13. The Morgan fingerprint density at radius 3 is 2.70 bits per heavy atom. The van der Waals surface area contributed by atoms with E-state index in [-0.39, 0.29) is 5.41 Å². The fourth-order valence-electron chi connectivity index (χ4n) is 2.34. The molecule has 1 aromatic carbocycles. The summed E-state index contributed by atoms with van der Waals surface area (Å²) in [6.45, 7) is 12.7. The molecule has 1 heterocycles. The minimum Gasteiger partial charge on any atom is -0.454 e. The van der Waals surface area contributed by atoms with Crippen molar-refractivity contribution < 1.29 is 9.47 Å². The fraction of sp³-hybridized carbons (Fsp3) is 0.611. The van der Waals surface area contributed by atoms with Gasteiger partial charge in [-0.2, -0.15) is 0 Å². The van der Waals surface area contributed by atoms with Crippen LogP contribution in [0.1, 0.15) is 46.6 Å². The van der Waals surface area contributed by atoms with E-state index in [4.69, 9.17) is 14.5 Å². The van der Waals surface area contributed by atoms with E-state index in [1.54, 1.807) is 0 Å².